The van der Waals surface area contributed by atoms with Gasteiger partial charge in [0.15, 0.2) is 0 Å². The molecule has 8 heteroatoms. The van der Waals surface area contributed by atoms with E-state index in [1.54, 1.807) is 0 Å². The van der Waals surface area contributed by atoms with Crippen LogP contribution in [0, 0.1) is 15.9 Å². The summed E-state index contributed by atoms with van der Waals surface area (Å²) in [5.74, 6) is -1.20. The maximum Gasteiger partial charge on any atom is 0.270 e. The number of halogens is 2. The van der Waals surface area contributed by atoms with Crippen molar-refractivity contribution >= 4 is 38.9 Å². The zero-order valence-electron chi connectivity index (χ0n) is 10.5. The Bertz CT molecular complexity index is 737. The molecule has 2 aromatic rings. The fourth-order valence-corrected chi connectivity index (χ4v) is 2.10. The van der Waals surface area contributed by atoms with Gasteiger partial charge in [-0.3, -0.25) is 14.9 Å². The second-order valence-electron chi connectivity index (χ2n) is 4.11. The molecule has 0 unspecified atom stereocenters. The van der Waals surface area contributed by atoms with Crippen molar-refractivity contribution in [3.63, 3.8) is 0 Å². The van der Waals surface area contributed by atoms with Crippen LogP contribution in [0.4, 0.5) is 21.5 Å². The Hall–Kier alpha value is -2.48. The molecule has 0 heterocycles. The number of non-ortho nitro benzene ring substituents is 1. The monoisotopic (exact) mass is 353 g/mol. The number of benzene rings is 2. The van der Waals surface area contributed by atoms with Gasteiger partial charge in [-0.2, -0.15) is 0 Å². The highest BCUT2D eigenvalue weighted by atomic mass is 79.9. The maximum absolute atomic E-state index is 13.1. The minimum atomic E-state index is -0.610. The quantitative estimate of drug-likeness (QED) is 0.502. The van der Waals surface area contributed by atoms with Crippen molar-refractivity contribution in [3.8, 4) is 0 Å². The van der Waals surface area contributed by atoms with Gasteiger partial charge in [-0.25, -0.2) is 4.39 Å². The van der Waals surface area contributed by atoms with Crippen molar-refractivity contribution in [2.24, 2.45) is 0 Å². The van der Waals surface area contributed by atoms with Crippen LogP contribution in [0.3, 0.4) is 0 Å². The number of nitrogens with zero attached hydrogens (tertiary/aromatic N) is 1. The summed E-state index contributed by atoms with van der Waals surface area (Å²) in [6, 6.07) is 7.32. The Kier molecular flexibility index (Phi) is 4.18. The number of carbonyl (C=O) groups is 1. The van der Waals surface area contributed by atoms with E-state index in [1.807, 2.05) is 0 Å². The van der Waals surface area contributed by atoms with Gasteiger partial charge >= 0.3 is 0 Å². The number of amides is 1. The Labute approximate surface area is 127 Å². The van der Waals surface area contributed by atoms with E-state index in [4.69, 9.17) is 5.73 Å². The van der Waals surface area contributed by atoms with Crippen LogP contribution in [0.15, 0.2) is 40.9 Å². The number of anilines is 2. The highest BCUT2D eigenvalue weighted by Crippen LogP contribution is 2.28. The van der Waals surface area contributed by atoms with Crippen LogP contribution in [0.5, 0.6) is 0 Å². The number of nitro benzene ring substituents is 1. The first-order valence-electron chi connectivity index (χ1n) is 5.69. The van der Waals surface area contributed by atoms with Crippen LogP contribution in [0.1, 0.15) is 10.4 Å². The van der Waals surface area contributed by atoms with Crippen LogP contribution >= 0.6 is 15.9 Å². The van der Waals surface area contributed by atoms with E-state index in [0.717, 1.165) is 12.1 Å². The molecule has 0 aromatic heterocycles. The number of nitrogens with one attached hydrogen (secondary N) is 1. The fourth-order valence-electron chi connectivity index (χ4n) is 1.63. The average Bonchev–Trinajstić information content (AvgIpc) is 2.43. The Morgan fingerprint density at radius 3 is 2.62 bits per heavy atom. The lowest BCUT2D eigenvalue weighted by molar-refractivity contribution is -0.384. The number of nitrogen functional groups attached to an aromatic ring is 1. The van der Waals surface area contributed by atoms with Gasteiger partial charge in [0.25, 0.3) is 11.6 Å². The molecule has 0 atom stereocenters. The van der Waals surface area contributed by atoms with E-state index in [0.29, 0.717) is 10.2 Å². The van der Waals surface area contributed by atoms with Gasteiger partial charge in [-0.05, 0) is 40.2 Å². The van der Waals surface area contributed by atoms with E-state index in [-0.39, 0.29) is 16.9 Å². The van der Waals surface area contributed by atoms with Crippen LogP contribution < -0.4 is 11.1 Å². The molecule has 1 amide bonds. The summed E-state index contributed by atoms with van der Waals surface area (Å²) in [4.78, 5) is 22.1. The van der Waals surface area contributed by atoms with E-state index in [2.05, 4.69) is 21.2 Å². The predicted octanol–water partition coefficient (Wildman–Crippen LogP) is 3.33. The molecule has 2 aromatic carbocycles. The standard InChI is InChI=1S/C13H9BrFN3O3/c14-10-6-8(18(20)21)2-4-12(10)17-13(19)9-5-7(15)1-3-11(9)16/h1-6H,16H2,(H,17,19). The molecule has 0 aliphatic heterocycles. The van der Waals surface area contributed by atoms with Crippen molar-refractivity contribution in [2.45, 2.75) is 0 Å². The number of rotatable bonds is 3. The summed E-state index contributed by atoms with van der Waals surface area (Å²) in [5.41, 5.74) is 5.93. The molecule has 0 saturated carbocycles. The molecule has 2 rings (SSSR count). The molecule has 0 aliphatic rings. The molecule has 3 N–H and O–H groups in total. The molecule has 6 nitrogen and oxygen atoms in total. The molecule has 21 heavy (non-hydrogen) atoms. The summed E-state index contributed by atoms with van der Waals surface area (Å²) in [5, 5.41) is 13.1. The number of hydrogen-bond donors (Lipinski definition) is 2. The summed E-state index contributed by atoms with van der Waals surface area (Å²) >= 11 is 3.12. The van der Waals surface area contributed by atoms with Crippen molar-refractivity contribution in [2.75, 3.05) is 11.1 Å². The van der Waals surface area contributed by atoms with Gasteiger partial charge in [-0.1, -0.05) is 0 Å². The Balaban J connectivity index is 2.27. The minimum absolute atomic E-state index is 0.0137. The van der Waals surface area contributed by atoms with Gasteiger partial charge in [0.1, 0.15) is 5.82 Å². The zero-order chi connectivity index (χ0) is 15.6. The predicted molar refractivity (Wildman–Crippen MR) is 79.6 cm³/mol. The third kappa shape index (κ3) is 3.34. The molecule has 0 bridgehead atoms. The molecule has 0 fully saturated rings. The lowest BCUT2D eigenvalue weighted by Crippen LogP contribution is -2.14. The first-order chi connectivity index (χ1) is 9.88. The zero-order valence-corrected chi connectivity index (χ0v) is 12.1. The Morgan fingerprint density at radius 1 is 1.29 bits per heavy atom. The van der Waals surface area contributed by atoms with Gasteiger partial charge in [0.05, 0.1) is 16.2 Å². The van der Waals surface area contributed by atoms with Crippen molar-refractivity contribution in [1.29, 1.82) is 0 Å². The van der Waals surface area contributed by atoms with E-state index in [9.17, 15) is 19.3 Å². The summed E-state index contributed by atoms with van der Waals surface area (Å²) in [7, 11) is 0. The topological polar surface area (TPSA) is 98.3 Å². The summed E-state index contributed by atoms with van der Waals surface area (Å²) in [6.45, 7) is 0. The second-order valence-corrected chi connectivity index (χ2v) is 4.96. The van der Waals surface area contributed by atoms with E-state index < -0.39 is 16.6 Å². The van der Waals surface area contributed by atoms with Crippen molar-refractivity contribution in [3.05, 3.63) is 62.4 Å². The van der Waals surface area contributed by atoms with Gasteiger partial charge in [0.2, 0.25) is 0 Å². The lowest BCUT2D eigenvalue weighted by atomic mass is 10.1. The summed E-state index contributed by atoms with van der Waals surface area (Å²) < 4.78 is 13.5. The third-order valence-corrected chi connectivity index (χ3v) is 3.33. The molecule has 0 saturated heterocycles. The van der Waals surface area contributed by atoms with Crippen molar-refractivity contribution < 1.29 is 14.1 Å². The van der Waals surface area contributed by atoms with Gasteiger partial charge in [0, 0.05) is 22.3 Å². The Morgan fingerprint density at radius 2 is 2.00 bits per heavy atom. The van der Waals surface area contributed by atoms with Crippen LogP contribution in [0.25, 0.3) is 0 Å². The van der Waals surface area contributed by atoms with Crippen LogP contribution in [-0.2, 0) is 0 Å². The smallest absolute Gasteiger partial charge is 0.270 e. The molecule has 108 valence electrons. The van der Waals surface area contributed by atoms with Gasteiger partial charge < -0.3 is 11.1 Å². The fraction of sp³-hybridized carbons (Fsp3) is 0. The first-order valence-corrected chi connectivity index (χ1v) is 6.48. The average molecular weight is 354 g/mol. The second kappa shape index (κ2) is 5.88. The van der Waals surface area contributed by atoms with Gasteiger partial charge in [-0.15, -0.1) is 0 Å². The highest BCUT2D eigenvalue weighted by molar-refractivity contribution is 9.10. The summed E-state index contributed by atoms with van der Waals surface area (Å²) in [6.07, 6.45) is 0. The number of hydrogen-bond acceptors (Lipinski definition) is 4. The number of carbonyl (C=O) groups excluding carboxylic acids is 1. The van der Waals surface area contributed by atoms with E-state index in [1.165, 1.54) is 24.3 Å². The van der Waals surface area contributed by atoms with Crippen molar-refractivity contribution in [1.82, 2.24) is 0 Å². The largest absolute Gasteiger partial charge is 0.398 e. The first kappa shape index (κ1) is 14.9. The van der Waals surface area contributed by atoms with E-state index >= 15 is 0 Å². The molecule has 0 radical (unpaired) electrons. The molecular weight excluding hydrogens is 345 g/mol. The molecule has 0 aliphatic carbocycles. The maximum atomic E-state index is 13.1. The highest BCUT2D eigenvalue weighted by Gasteiger charge is 2.14. The molecule has 0 spiro atoms. The van der Waals surface area contributed by atoms with Crippen LogP contribution in [0.2, 0.25) is 0 Å². The lowest BCUT2D eigenvalue weighted by Gasteiger charge is -2.09. The van der Waals surface area contributed by atoms with Crippen LogP contribution in [-0.4, -0.2) is 10.8 Å². The third-order valence-electron chi connectivity index (χ3n) is 2.67. The number of nitro groups is 1. The SMILES string of the molecule is Nc1ccc(F)cc1C(=O)Nc1ccc([N+](=O)[O-])cc1Br. The minimum Gasteiger partial charge on any atom is -0.398 e. The number of nitrogens with two attached hydrogens (primary N) is 1. The molecular formula is C13H9BrFN3O3. The normalized spacial score (nSPS) is 10.2.